The van der Waals surface area contributed by atoms with Gasteiger partial charge in [0.1, 0.15) is 0 Å². The summed E-state index contributed by atoms with van der Waals surface area (Å²) in [6.45, 7) is 12.1. The van der Waals surface area contributed by atoms with Gasteiger partial charge in [-0.2, -0.15) is 0 Å². The van der Waals surface area contributed by atoms with Gasteiger partial charge in [0, 0.05) is 44.9 Å². The molecule has 0 aliphatic carbocycles. The van der Waals surface area contributed by atoms with Gasteiger partial charge in [-0.25, -0.2) is 0 Å². The number of hydrogen-bond acceptors (Lipinski definition) is 5. The minimum atomic E-state index is -0.144. The van der Waals surface area contributed by atoms with Crippen molar-refractivity contribution in [2.75, 3.05) is 60.3 Å². The average molecular weight is 564 g/mol. The summed E-state index contributed by atoms with van der Waals surface area (Å²) in [5.74, 6) is 2.96. The molecular formula is C24H42IN3O4. The molecule has 0 radical (unpaired) electrons. The van der Waals surface area contributed by atoms with Gasteiger partial charge in [0.2, 0.25) is 0 Å². The second kappa shape index (κ2) is 15.6. The maximum Gasteiger partial charge on any atom is 0.191 e. The fourth-order valence-corrected chi connectivity index (χ4v) is 3.51. The van der Waals surface area contributed by atoms with E-state index in [9.17, 15) is 0 Å². The summed E-state index contributed by atoms with van der Waals surface area (Å²) in [7, 11) is 3.31. The van der Waals surface area contributed by atoms with Gasteiger partial charge in [0.25, 0.3) is 0 Å². The molecule has 2 rings (SSSR count). The van der Waals surface area contributed by atoms with Crippen LogP contribution in [0.1, 0.15) is 45.6 Å². The molecule has 8 heteroatoms. The molecule has 0 amide bonds. The zero-order valence-electron chi connectivity index (χ0n) is 20.4. The van der Waals surface area contributed by atoms with Crippen LogP contribution in [0.4, 0.5) is 0 Å². The highest BCUT2D eigenvalue weighted by Crippen LogP contribution is 2.33. The lowest BCUT2D eigenvalue weighted by atomic mass is 9.84. The number of nitrogens with zero attached hydrogens (tertiary/aromatic N) is 1. The number of halogens is 1. The van der Waals surface area contributed by atoms with E-state index in [4.69, 9.17) is 23.9 Å². The van der Waals surface area contributed by atoms with Crippen LogP contribution in [0.15, 0.2) is 23.2 Å². The molecule has 1 aliphatic heterocycles. The summed E-state index contributed by atoms with van der Waals surface area (Å²) in [5.41, 5.74) is 1.01. The summed E-state index contributed by atoms with van der Waals surface area (Å²) in [6, 6.07) is 6.06. The first kappa shape index (κ1) is 28.8. The Bertz CT molecular complexity index is 679. The zero-order chi connectivity index (χ0) is 22.5. The van der Waals surface area contributed by atoms with Gasteiger partial charge in [-0.15, -0.1) is 24.0 Å². The molecule has 32 heavy (non-hydrogen) atoms. The summed E-state index contributed by atoms with van der Waals surface area (Å²) in [4.78, 5) is 4.82. The predicted octanol–water partition coefficient (Wildman–Crippen LogP) is 3.99. The molecule has 1 aliphatic rings. The SMILES string of the molecule is CCNC(=NCC(C)(C)c1ccc(OC)c(OC)c1)NCCCOCC1CCOCC1.I. The Labute approximate surface area is 211 Å². The first-order valence-corrected chi connectivity index (χ1v) is 11.4. The second-order valence-corrected chi connectivity index (χ2v) is 8.56. The lowest BCUT2D eigenvalue weighted by molar-refractivity contribution is 0.0203. The lowest BCUT2D eigenvalue weighted by Gasteiger charge is -2.25. The van der Waals surface area contributed by atoms with Crippen LogP contribution in [0.2, 0.25) is 0 Å². The van der Waals surface area contributed by atoms with Gasteiger partial charge >= 0.3 is 0 Å². The minimum absolute atomic E-state index is 0. The smallest absolute Gasteiger partial charge is 0.191 e. The monoisotopic (exact) mass is 563 g/mol. The molecule has 2 N–H and O–H groups in total. The fraction of sp³-hybridized carbons (Fsp3) is 0.708. The maximum atomic E-state index is 5.85. The first-order chi connectivity index (χ1) is 15.0. The Morgan fingerprint density at radius 3 is 2.50 bits per heavy atom. The Kier molecular flexibility index (Phi) is 14.0. The average Bonchev–Trinajstić information content (AvgIpc) is 2.79. The largest absolute Gasteiger partial charge is 0.493 e. The third kappa shape index (κ3) is 9.70. The Balaban J connectivity index is 0.00000512. The second-order valence-electron chi connectivity index (χ2n) is 8.56. The summed E-state index contributed by atoms with van der Waals surface area (Å²) in [5, 5.41) is 6.75. The molecule has 1 fully saturated rings. The quantitative estimate of drug-likeness (QED) is 0.174. The van der Waals surface area contributed by atoms with E-state index in [2.05, 4.69) is 37.5 Å². The van der Waals surface area contributed by atoms with E-state index in [0.717, 1.165) is 81.8 Å². The van der Waals surface area contributed by atoms with E-state index in [-0.39, 0.29) is 29.4 Å². The van der Waals surface area contributed by atoms with Crippen molar-refractivity contribution in [1.82, 2.24) is 10.6 Å². The van der Waals surface area contributed by atoms with Crippen LogP contribution < -0.4 is 20.1 Å². The van der Waals surface area contributed by atoms with E-state index in [1.54, 1.807) is 14.2 Å². The normalized spacial score (nSPS) is 15.1. The Morgan fingerprint density at radius 1 is 1.12 bits per heavy atom. The van der Waals surface area contributed by atoms with Gasteiger partial charge in [-0.05, 0) is 49.8 Å². The highest BCUT2D eigenvalue weighted by molar-refractivity contribution is 14.0. The van der Waals surface area contributed by atoms with Crippen LogP contribution >= 0.6 is 24.0 Å². The molecule has 1 saturated heterocycles. The van der Waals surface area contributed by atoms with Gasteiger partial charge < -0.3 is 29.6 Å². The zero-order valence-corrected chi connectivity index (χ0v) is 22.7. The number of ether oxygens (including phenoxy) is 4. The highest BCUT2D eigenvalue weighted by atomic mass is 127. The van der Waals surface area contributed by atoms with Crippen molar-refractivity contribution in [1.29, 1.82) is 0 Å². The van der Waals surface area contributed by atoms with E-state index >= 15 is 0 Å². The Morgan fingerprint density at radius 2 is 1.84 bits per heavy atom. The van der Waals surface area contributed by atoms with Crippen LogP contribution in [0.25, 0.3) is 0 Å². The lowest BCUT2D eigenvalue weighted by Crippen LogP contribution is -2.39. The van der Waals surface area contributed by atoms with Crippen molar-refractivity contribution in [3.05, 3.63) is 23.8 Å². The molecule has 1 aromatic carbocycles. The fourth-order valence-electron chi connectivity index (χ4n) is 3.51. The molecule has 0 atom stereocenters. The molecule has 184 valence electrons. The molecule has 0 saturated carbocycles. The van der Waals surface area contributed by atoms with E-state index in [1.165, 1.54) is 0 Å². The first-order valence-electron chi connectivity index (χ1n) is 11.4. The number of guanidine groups is 1. The summed E-state index contributed by atoms with van der Waals surface area (Å²) in [6.07, 6.45) is 3.18. The van der Waals surface area contributed by atoms with Crippen LogP contribution in [0.5, 0.6) is 11.5 Å². The molecule has 1 heterocycles. The standard InChI is InChI=1S/C24H41N3O4.HI/c1-6-25-23(26-12-7-13-31-17-19-10-14-30-15-11-19)27-18-24(2,3)20-8-9-21(28-4)22(16-20)29-5;/h8-9,16,19H,6-7,10-15,17-18H2,1-5H3,(H2,25,26,27);1H. The summed E-state index contributed by atoms with van der Waals surface area (Å²) >= 11 is 0. The molecule has 0 unspecified atom stereocenters. The third-order valence-electron chi connectivity index (χ3n) is 5.59. The Hall–Kier alpha value is -1.26. The molecule has 0 bridgehead atoms. The van der Waals surface area contributed by atoms with Gasteiger partial charge in [-0.1, -0.05) is 19.9 Å². The van der Waals surface area contributed by atoms with Crippen LogP contribution in [-0.4, -0.2) is 66.2 Å². The van der Waals surface area contributed by atoms with Crippen molar-refractivity contribution in [3.63, 3.8) is 0 Å². The molecule has 0 aromatic heterocycles. The van der Waals surface area contributed by atoms with Crippen molar-refractivity contribution in [3.8, 4) is 11.5 Å². The number of benzene rings is 1. The molecule has 7 nitrogen and oxygen atoms in total. The van der Waals surface area contributed by atoms with Crippen molar-refractivity contribution in [2.45, 2.75) is 45.4 Å². The number of methoxy groups -OCH3 is 2. The van der Waals surface area contributed by atoms with Crippen LogP contribution in [-0.2, 0) is 14.9 Å². The van der Waals surface area contributed by atoms with Crippen LogP contribution in [0.3, 0.4) is 0 Å². The minimum Gasteiger partial charge on any atom is -0.493 e. The highest BCUT2D eigenvalue weighted by Gasteiger charge is 2.22. The number of aliphatic imine (C=N–C) groups is 1. The van der Waals surface area contributed by atoms with Crippen LogP contribution in [0, 0.1) is 5.92 Å². The number of nitrogens with one attached hydrogen (secondary N) is 2. The van der Waals surface area contributed by atoms with E-state index in [0.29, 0.717) is 12.5 Å². The van der Waals surface area contributed by atoms with Gasteiger partial charge in [0.15, 0.2) is 17.5 Å². The summed E-state index contributed by atoms with van der Waals surface area (Å²) < 4.78 is 22.1. The van der Waals surface area contributed by atoms with E-state index in [1.807, 2.05) is 12.1 Å². The third-order valence-corrected chi connectivity index (χ3v) is 5.59. The predicted molar refractivity (Wildman–Crippen MR) is 141 cm³/mol. The van der Waals surface area contributed by atoms with Crippen molar-refractivity contribution in [2.24, 2.45) is 10.9 Å². The van der Waals surface area contributed by atoms with E-state index < -0.39 is 0 Å². The number of rotatable bonds is 12. The molecular weight excluding hydrogens is 521 g/mol. The van der Waals surface area contributed by atoms with Crippen molar-refractivity contribution < 1.29 is 18.9 Å². The topological polar surface area (TPSA) is 73.3 Å². The van der Waals surface area contributed by atoms with Gasteiger partial charge in [0.05, 0.1) is 20.8 Å². The van der Waals surface area contributed by atoms with Crippen molar-refractivity contribution >= 4 is 29.9 Å². The maximum absolute atomic E-state index is 5.85. The molecule has 0 spiro atoms. The number of hydrogen-bond donors (Lipinski definition) is 2. The molecule has 1 aromatic rings. The van der Waals surface area contributed by atoms with Gasteiger partial charge in [-0.3, -0.25) is 4.99 Å².